The van der Waals surface area contributed by atoms with Crippen LogP contribution >= 0.6 is 0 Å². The van der Waals surface area contributed by atoms with Gasteiger partial charge in [0.1, 0.15) is 6.10 Å². The number of alkyl halides is 6. The summed E-state index contributed by atoms with van der Waals surface area (Å²) in [6.45, 7) is 2.34. The van der Waals surface area contributed by atoms with E-state index in [4.69, 9.17) is 0 Å². The Bertz CT molecular complexity index is 693. The first kappa shape index (κ1) is 25.6. The highest BCUT2D eigenvalue weighted by Gasteiger charge is 2.61. The fourth-order valence-electron chi connectivity index (χ4n) is 8.61. The van der Waals surface area contributed by atoms with Crippen LogP contribution in [0.3, 0.4) is 0 Å². The second-order valence-corrected chi connectivity index (χ2v) is 11.9. The van der Waals surface area contributed by atoms with Crippen LogP contribution in [0, 0.1) is 40.9 Å². The van der Waals surface area contributed by atoms with E-state index < -0.39 is 24.1 Å². The van der Waals surface area contributed by atoms with E-state index in [9.17, 15) is 36.6 Å². The summed E-state index contributed by atoms with van der Waals surface area (Å²) in [7, 11) is 0. The largest absolute Gasteiger partial charge is 0.417 e. The normalized spacial score (nSPS) is 44.6. The Hall–Kier alpha value is -0.500. The molecule has 2 N–H and O–H groups in total. The Balaban J connectivity index is 1.34. The van der Waals surface area contributed by atoms with Crippen molar-refractivity contribution in [2.45, 2.75) is 114 Å². The highest BCUT2D eigenvalue weighted by molar-refractivity contribution is 5.07. The van der Waals surface area contributed by atoms with Crippen molar-refractivity contribution >= 4 is 0 Å². The van der Waals surface area contributed by atoms with E-state index in [0.29, 0.717) is 42.9 Å². The Morgan fingerprint density at radius 2 is 1.55 bits per heavy atom. The first-order valence-electron chi connectivity index (χ1n) is 12.8. The molecule has 0 bridgehead atoms. The first-order valence-corrected chi connectivity index (χ1v) is 12.8. The number of hydrogen-bond acceptors (Lipinski definition) is 2. The smallest absolute Gasteiger partial charge is 0.384 e. The number of halogens is 6. The molecular formula is C25H38F6O2. The second kappa shape index (κ2) is 8.86. The van der Waals surface area contributed by atoms with Gasteiger partial charge >= 0.3 is 12.4 Å². The molecule has 0 unspecified atom stereocenters. The number of aliphatic hydroxyl groups is 2. The van der Waals surface area contributed by atoms with Crippen LogP contribution in [0.1, 0.15) is 90.4 Å². The Labute approximate surface area is 192 Å². The molecular weight excluding hydrogens is 446 g/mol. The van der Waals surface area contributed by atoms with Crippen molar-refractivity contribution in [1.82, 2.24) is 0 Å². The summed E-state index contributed by atoms with van der Waals surface area (Å²) in [6.07, 6.45) is -3.57. The topological polar surface area (TPSA) is 40.5 Å². The second-order valence-electron chi connectivity index (χ2n) is 11.9. The highest BCUT2D eigenvalue weighted by Crippen LogP contribution is 2.65. The SMILES string of the molecule is C[C@]12CC[C@H]3[C@@H](CC[C@H]4C[C@](O)(C(F)(F)F)CC[C@@H]43)[C@@H]1CC[C@@H]2CCCC[C@H](O)C(F)(F)F. The molecule has 4 fully saturated rings. The van der Waals surface area contributed by atoms with Gasteiger partial charge in [0.05, 0.1) is 0 Å². The number of unbranched alkanes of at least 4 members (excludes halogenated alkanes) is 1. The molecule has 4 saturated carbocycles. The van der Waals surface area contributed by atoms with Crippen molar-refractivity contribution in [3.8, 4) is 0 Å². The van der Waals surface area contributed by atoms with E-state index in [2.05, 4.69) is 6.92 Å². The Kier molecular flexibility index (Phi) is 6.87. The molecule has 4 rings (SSSR count). The van der Waals surface area contributed by atoms with Gasteiger partial charge in [0.15, 0.2) is 5.60 Å². The molecule has 0 saturated heterocycles. The molecule has 33 heavy (non-hydrogen) atoms. The standard InChI is InChI=1S/C25H38F6O2/c1-22-12-10-18-17-11-13-23(33,25(29,30)31)14-15(17)6-8-19(18)20(22)9-7-16(22)4-2-3-5-21(32)24(26,27)28/h15-21,32-33H,2-14H2,1H3/t15-,16-,17-,18+,19+,20-,21-,22+,23-/m0/s1. The highest BCUT2D eigenvalue weighted by atomic mass is 19.4. The zero-order valence-electron chi connectivity index (χ0n) is 19.4. The summed E-state index contributed by atoms with van der Waals surface area (Å²) in [5.41, 5.74) is -2.36. The molecule has 2 nitrogen and oxygen atoms in total. The van der Waals surface area contributed by atoms with Gasteiger partial charge in [-0.2, -0.15) is 26.3 Å². The van der Waals surface area contributed by atoms with E-state index in [0.717, 1.165) is 44.9 Å². The predicted octanol–water partition coefficient (Wildman–Crippen LogP) is 7.03. The van der Waals surface area contributed by atoms with Crippen molar-refractivity contribution < 1.29 is 36.6 Å². The summed E-state index contributed by atoms with van der Waals surface area (Å²) < 4.78 is 77.7. The Morgan fingerprint density at radius 3 is 2.21 bits per heavy atom. The van der Waals surface area contributed by atoms with Gasteiger partial charge in [-0.25, -0.2) is 0 Å². The van der Waals surface area contributed by atoms with Crippen molar-refractivity contribution in [1.29, 1.82) is 0 Å². The molecule has 0 spiro atoms. The summed E-state index contributed by atoms with van der Waals surface area (Å²) in [5, 5.41) is 19.5. The van der Waals surface area contributed by atoms with Gasteiger partial charge in [-0.05, 0) is 112 Å². The minimum absolute atomic E-state index is 0.0479. The molecule has 8 heteroatoms. The average molecular weight is 485 g/mol. The molecule has 0 aliphatic heterocycles. The maximum atomic E-state index is 13.4. The predicted molar refractivity (Wildman–Crippen MR) is 112 cm³/mol. The van der Waals surface area contributed by atoms with Crippen molar-refractivity contribution in [2.24, 2.45) is 40.9 Å². The number of rotatable bonds is 5. The van der Waals surface area contributed by atoms with Gasteiger partial charge in [0.25, 0.3) is 0 Å². The van der Waals surface area contributed by atoms with Crippen molar-refractivity contribution in [3.63, 3.8) is 0 Å². The van der Waals surface area contributed by atoms with Crippen LogP contribution in [0.2, 0.25) is 0 Å². The van der Waals surface area contributed by atoms with Crippen LogP contribution in [0.15, 0.2) is 0 Å². The van der Waals surface area contributed by atoms with Crippen LogP contribution in [0.4, 0.5) is 26.3 Å². The average Bonchev–Trinajstić information content (AvgIpc) is 3.05. The van der Waals surface area contributed by atoms with Crippen LogP contribution < -0.4 is 0 Å². The van der Waals surface area contributed by atoms with E-state index >= 15 is 0 Å². The molecule has 0 amide bonds. The van der Waals surface area contributed by atoms with Crippen LogP contribution in [0.5, 0.6) is 0 Å². The number of hydrogen-bond donors (Lipinski definition) is 2. The summed E-state index contributed by atoms with van der Waals surface area (Å²) >= 11 is 0. The number of fused-ring (bicyclic) bond motifs is 5. The molecule has 0 aromatic rings. The maximum absolute atomic E-state index is 13.4. The zero-order valence-corrected chi connectivity index (χ0v) is 19.4. The molecule has 0 aromatic heterocycles. The molecule has 0 aromatic carbocycles. The lowest BCUT2D eigenvalue weighted by molar-refractivity contribution is -0.282. The van der Waals surface area contributed by atoms with Gasteiger partial charge in [0.2, 0.25) is 0 Å². The third-order valence-corrected chi connectivity index (χ3v) is 10.4. The lowest BCUT2D eigenvalue weighted by Gasteiger charge is -2.57. The van der Waals surface area contributed by atoms with Crippen molar-refractivity contribution in [2.75, 3.05) is 0 Å². The molecule has 0 heterocycles. The van der Waals surface area contributed by atoms with E-state index in [-0.39, 0.29) is 36.5 Å². The summed E-state index contributed by atoms with van der Waals surface area (Å²) in [4.78, 5) is 0. The van der Waals surface area contributed by atoms with Gasteiger partial charge in [0, 0.05) is 0 Å². The quantitative estimate of drug-likeness (QED) is 0.325. The van der Waals surface area contributed by atoms with E-state index in [1.165, 1.54) is 0 Å². The third-order valence-electron chi connectivity index (χ3n) is 10.4. The maximum Gasteiger partial charge on any atom is 0.417 e. The minimum atomic E-state index is -4.56. The number of aliphatic hydroxyl groups excluding tert-OH is 1. The lowest BCUT2D eigenvalue weighted by Crippen LogP contribution is -2.55. The van der Waals surface area contributed by atoms with E-state index in [1.807, 2.05) is 0 Å². The zero-order chi connectivity index (χ0) is 24.2. The van der Waals surface area contributed by atoms with Gasteiger partial charge in [-0.15, -0.1) is 0 Å². The molecule has 192 valence electrons. The fourth-order valence-corrected chi connectivity index (χ4v) is 8.61. The van der Waals surface area contributed by atoms with Gasteiger partial charge in [-0.3, -0.25) is 0 Å². The molecule has 4 aliphatic rings. The van der Waals surface area contributed by atoms with E-state index in [1.54, 1.807) is 0 Å². The lowest BCUT2D eigenvalue weighted by atomic mass is 9.49. The van der Waals surface area contributed by atoms with Gasteiger partial charge in [-0.1, -0.05) is 19.8 Å². The summed E-state index contributed by atoms with van der Waals surface area (Å²) in [5.74, 6) is 2.23. The van der Waals surface area contributed by atoms with Crippen LogP contribution in [-0.2, 0) is 0 Å². The van der Waals surface area contributed by atoms with Crippen LogP contribution in [-0.4, -0.2) is 34.3 Å². The first-order chi connectivity index (χ1) is 15.3. The fraction of sp³-hybridized carbons (Fsp3) is 1.00. The molecule has 9 atom stereocenters. The molecule has 4 aliphatic carbocycles. The monoisotopic (exact) mass is 484 g/mol. The van der Waals surface area contributed by atoms with Crippen molar-refractivity contribution in [3.05, 3.63) is 0 Å². The molecule has 0 radical (unpaired) electrons. The Morgan fingerprint density at radius 1 is 0.848 bits per heavy atom. The van der Waals surface area contributed by atoms with Crippen LogP contribution in [0.25, 0.3) is 0 Å². The van der Waals surface area contributed by atoms with Gasteiger partial charge < -0.3 is 10.2 Å². The summed E-state index contributed by atoms with van der Waals surface area (Å²) in [6, 6.07) is 0. The third kappa shape index (κ3) is 4.68. The minimum Gasteiger partial charge on any atom is -0.384 e.